The Hall–Kier alpha value is -3.35. The molecule has 0 atom stereocenters. The highest BCUT2D eigenvalue weighted by molar-refractivity contribution is 6.02. The molecule has 2 amide bonds. The van der Waals surface area contributed by atoms with Crippen molar-refractivity contribution in [3.63, 3.8) is 0 Å². The van der Waals surface area contributed by atoms with Crippen LogP contribution in [0.4, 0.5) is 11.4 Å². The van der Waals surface area contributed by atoms with Crippen LogP contribution in [-0.2, 0) is 14.3 Å². The molecular weight excluding hydrogens is 336 g/mol. The van der Waals surface area contributed by atoms with Gasteiger partial charge in [-0.15, -0.1) is 0 Å². The van der Waals surface area contributed by atoms with E-state index in [-0.39, 0.29) is 18.4 Å². The van der Waals surface area contributed by atoms with E-state index in [0.717, 1.165) is 0 Å². The first kappa shape index (κ1) is 19.0. The van der Waals surface area contributed by atoms with Crippen LogP contribution in [0.1, 0.15) is 17.3 Å². The summed E-state index contributed by atoms with van der Waals surface area (Å²) in [5, 5.41) is 2.69. The summed E-state index contributed by atoms with van der Waals surface area (Å²) in [7, 11) is 2.85. The molecular formula is C19H20N2O5. The van der Waals surface area contributed by atoms with Crippen molar-refractivity contribution < 1.29 is 23.9 Å². The molecule has 0 saturated heterocycles. The Bertz CT molecular complexity index is 785. The number of rotatable bonds is 6. The fourth-order valence-electron chi connectivity index (χ4n) is 2.30. The van der Waals surface area contributed by atoms with Crippen molar-refractivity contribution in [2.75, 3.05) is 31.0 Å². The van der Waals surface area contributed by atoms with Crippen molar-refractivity contribution in [2.45, 2.75) is 6.92 Å². The van der Waals surface area contributed by atoms with Gasteiger partial charge in [-0.1, -0.05) is 0 Å². The van der Waals surface area contributed by atoms with Crippen LogP contribution in [-0.4, -0.2) is 38.5 Å². The summed E-state index contributed by atoms with van der Waals surface area (Å²) in [5.41, 5.74) is 1.49. The first-order valence-corrected chi connectivity index (χ1v) is 7.85. The Morgan fingerprint density at radius 1 is 0.962 bits per heavy atom. The second-order valence-electron chi connectivity index (χ2n) is 5.42. The van der Waals surface area contributed by atoms with Gasteiger partial charge in [-0.2, -0.15) is 0 Å². The Morgan fingerprint density at radius 3 is 2.08 bits per heavy atom. The average Bonchev–Trinajstić information content (AvgIpc) is 2.66. The monoisotopic (exact) mass is 356 g/mol. The van der Waals surface area contributed by atoms with E-state index in [0.29, 0.717) is 22.7 Å². The van der Waals surface area contributed by atoms with Gasteiger partial charge in [0.1, 0.15) is 12.3 Å². The summed E-state index contributed by atoms with van der Waals surface area (Å²) in [5.74, 6) is -0.411. The Morgan fingerprint density at radius 2 is 1.58 bits per heavy atom. The third-order valence-electron chi connectivity index (χ3n) is 3.66. The van der Waals surface area contributed by atoms with Crippen molar-refractivity contribution >= 4 is 29.2 Å². The molecule has 1 N–H and O–H groups in total. The SMILES string of the molecule is COC(=O)c1ccc(NC(=O)CN(C(C)=O)c2ccc(OC)cc2)cc1. The lowest BCUT2D eigenvalue weighted by Gasteiger charge is -2.21. The zero-order chi connectivity index (χ0) is 19.1. The lowest BCUT2D eigenvalue weighted by atomic mass is 10.2. The van der Waals surface area contributed by atoms with Gasteiger partial charge in [0.05, 0.1) is 19.8 Å². The first-order valence-electron chi connectivity index (χ1n) is 7.85. The van der Waals surface area contributed by atoms with E-state index in [1.807, 2.05) is 0 Å². The molecule has 26 heavy (non-hydrogen) atoms. The van der Waals surface area contributed by atoms with Crippen LogP contribution < -0.4 is 15.0 Å². The maximum absolute atomic E-state index is 12.3. The maximum Gasteiger partial charge on any atom is 0.337 e. The van der Waals surface area contributed by atoms with E-state index in [1.165, 1.54) is 18.9 Å². The van der Waals surface area contributed by atoms with E-state index in [2.05, 4.69) is 10.1 Å². The number of methoxy groups -OCH3 is 2. The van der Waals surface area contributed by atoms with Crippen molar-refractivity contribution in [1.82, 2.24) is 0 Å². The lowest BCUT2D eigenvalue weighted by Crippen LogP contribution is -2.36. The number of hydrogen-bond acceptors (Lipinski definition) is 5. The fourth-order valence-corrected chi connectivity index (χ4v) is 2.30. The van der Waals surface area contributed by atoms with Crippen molar-refractivity contribution in [2.24, 2.45) is 0 Å². The van der Waals surface area contributed by atoms with Crippen LogP contribution in [0.25, 0.3) is 0 Å². The third kappa shape index (κ3) is 4.83. The minimum absolute atomic E-state index is 0.138. The summed E-state index contributed by atoms with van der Waals surface area (Å²) in [6.07, 6.45) is 0. The molecule has 2 aromatic carbocycles. The molecule has 7 heteroatoms. The largest absolute Gasteiger partial charge is 0.497 e. The van der Waals surface area contributed by atoms with Crippen LogP contribution in [0.3, 0.4) is 0 Å². The first-order chi connectivity index (χ1) is 12.4. The van der Waals surface area contributed by atoms with Crippen LogP contribution in [0.5, 0.6) is 5.75 Å². The van der Waals surface area contributed by atoms with E-state index in [4.69, 9.17) is 4.74 Å². The Balaban J connectivity index is 2.05. The molecule has 0 bridgehead atoms. The molecule has 7 nitrogen and oxygen atoms in total. The van der Waals surface area contributed by atoms with Gasteiger partial charge < -0.3 is 19.7 Å². The van der Waals surface area contributed by atoms with Crippen LogP contribution in [0.2, 0.25) is 0 Å². The molecule has 0 heterocycles. The van der Waals surface area contributed by atoms with E-state index >= 15 is 0 Å². The van der Waals surface area contributed by atoms with Gasteiger partial charge in [0.15, 0.2) is 0 Å². The predicted octanol–water partition coefficient (Wildman–Crippen LogP) is 2.47. The molecule has 136 valence electrons. The van der Waals surface area contributed by atoms with Gasteiger partial charge in [-0.25, -0.2) is 4.79 Å². The average molecular weight is 356 g/mol. The van der Waals surface area contributed by atoms with Gasteiger partial charge >= 0.3 is 5.97 Å². The normalized spacial score (nSPS) is 9.96. The summed E-state index contributed by atoms with van der Waals surface area (Å²) in [6, 6.07) is 13.1. The number of ether oxygens (including phenoxy) is 2. The number of nitrogens with one attached hydrogen (secondary N) is 1. The number of esters is 1. The highest BCUT2D eigenvalue weighted by Gasteiger charge is 2.16. The quantitative estimate of drug-likeness (QED) is 0.804. The zero-order valence-corrected chi connectivity index (χ0v) is 14.8. The molecule has 0 radical (unpaired) electrons. The molecule has 0 spiro atoms. The highest BCUT2D eigenvalue weighted by atomic mass is 16.5. The zero-order valence-electron chi connectivity index (χ0n) is 14.8. The molecule has 0 unspecified atom stereocenters. The summed E-state index contributed by atoms with van der Waals surface area (Å²) < 4.78 is 9.71. The Labute approximate surface area is 151 Å². The highest BCUT2D eigenvalue weighted by Crippen LogP contribution is 2.19. The van der Waals surface area contributed by atoms with Gasteiger partial charge in [-0.3, -0.25) is 9.59 Å². The third-order valence-corrected chi connectivity index (χ3v) is 3.66. The summed E-state index contributed by atoms with van der Waals surface area (Å²) >= 11 is 0. The molecule has 0 aliphatic rings. The maximum atomic E-state index is 12.3. The number of nitrogens with zero attached hydrogens (tertiary/aromatic N) is 1. The van der Waals surface area contributed by atoms with Crippen molar-refractivity contribution in [1.29, 1.82) is 0 Å². The van der Waals surface area contributed by atoms with E-state index in [9.17, 15) is 14.4 Å². The summed E-state index contributed by atoms with van der Waals surface area (Å²) in [6.45, 7) is 1.25. The second kappa shape index (κ2) is 8.66. The van der Waals surface area contributed by atoms with E-state index in [1.54, 1.807) is 55.6 Å². The minimum Gasteiger partial charge on any atom is -0.497 e. The topological polar surface area (TPSA) is 84.9 Å². The number of carbonyl (C=O) groups is 3. The van der Waals surface area contributed by atoms with Crippen LogP contribution >= 0.6 is 0 Å². The van der Waals surface area contributed by atoms with Crippen LogP contribution in [0, 0.1) is 0 Å². The van der Waals surface area contributed by atoms with E-state index < -0.39 is 5.97 Å². The number of carbonyl (C=O) groups excluding carboxylic acids is 3. The smallest absolute Gasteiger partial charge is 0.337 e. The standard InChI is InChI=1S/C19H20N2O5/c1-13(22)21(16-8-10-17(25-2)11-9-16)12-18(23)20-15-6-4-14(5-7-15)19(24)26-3/h4-11H,12H2,1-3H3,(H,20,23). The van der Waals surface area contributed by atoms with Crippen molar-refractivity contribution in [3.05, 3.63) is 54.1 Å². The fraction of sp³-hybridized carbons (Fsp3) is 0.211. The van der Waals surface area contributed by atoms with Crippen molar-refractivity contribution in [3.8, 4) is 5.75 Å². The molecule has 0 aromatic heterocycles. The van der Waals surface area contributed by atoms with Crippen LogP contribution in [0.15, 0.2) is 48.5 Å². The van der Waals surface area contributed by atoms with Gasteiger partial charge in [0, 0.05) is 18.3 Å². The minimum atomic E-state index is -0.454. The van der Waals surface area contributed by atoms with Gasteiger partial charge in [0.25, 0.3) is 0 Å². The molecule has 0 saturated carbocycles. The molecule has 2 aromatic rings. The lowest BCUT2D eigenvalue weighted by molar-refractivity contribution is -0.120. The number of anilines is 2. The van der Waals surface area contributed by atoms with Gasteiger partial charge in [-0.05, 0) is 48.5 Å². The number of amides is 2. The molecule has 0 aliphatic heterocycles. The molecule has 0 fully saturated rings. The van der Waals surface area contributed by atoms with Gasteiger partial charge in [0.2, 0.25) is 11.8 Å². The Kier molecular flexibility index (Phi) is 6.32. The molecule has 2 rings (SSSR count). The number of benzene rings is 2. The summed E-state index contributed by atoms with van der Waals surface area (Å²) in [4.78, 5) is 36.9. The second-order valence-corrected chi connectivity index (χ2v) is 5.42. The predicted molar refractivity (Wildman–Crippen MR) is 97.4 cm³/mol. The number of hydrogen-bond donors (Lipinski definition) is 1. The molecule has 0 aliphatic carbocycles.